The summed E-state index contributed by atoms with van der Waals surface area (Å²) in [5.41, 5.74) is 6.33. The van der Waals surface area contributed by atoms with Gasteiger partial charge in [0.2, 0.25) is 0 Å². The summed E-state index contributed by atoms with van der Waals surface area (Å²) in [5.74, 6) is 0.280. The molecule has 31 heavy (non-hydrogen) atoms. The van der Waals surface area contributed by atoms with Crippen molar-refractivity contribution in [3.8, 4) is 5.75 Å². The van der Waals surface area contributed by atoms with E-state index in [1.807, 2.05) is 29.8 Å². The Bertz CT molecular complexity index is 1240. The Balaban J connectivity index is 1.63. The van der Waals surface area contributed by atoms with Crippen molar-refractivity contribution in [2.75, 3.05) is 13.7 Å². The summed E-state index contributed by atoms with van der Waals surface area (Å²) in [6.07, 6.45) is 3.03. The van der Waals surface area contributed by atoms with Gasteiger partial charge in [-0.1, -0.05) is 24.3 Å². The van der Waals surface area contributed by atoms with E-state index in [4.69, 9.17) is 4.74 Å². The van der Waals surface area contributed by atoms with Crippen molar-refractivity contribution in [1.82, 2.24) is 19.7 Å². The Labute approximate surface area is 181 Å². The second-order valence-corrected chi connectivity index (χ2v) is 8.17. The number of nitrogens with one attached hydrogen (secondary N) is 1. The largest absolute Gasteiger partial charge is 0.497 e. The van der Waals surface area contributed by atoms with E-state index in [0.29, 0.717) is 11.3 Å². The lowest BCUT2D eigenvalue weighted by Crippen LogP contribution is -2.36. The molecule has 0 bridgehead atoms. The Hall–Kier alpha value is -3.12. The first-order valence-corrected chi connectivity index (χ1v) is 10.8. The minimum absolute atomic E-state index is 0.202. The second-order valence-electron chi connectivity index (χ2n) is 8.17. The number of aromatic amines is 1. The number of para-hydroxylation sites is 1. The summed E-state index contributed by atoms with van der Waals surface area (Å²) in [4.78, 5) is 5.96. The van der Waals surface area contributed by atoms with Crippen molar-refractivity contribution < 1.29 is 9.13 Å². The van der Waals surface area contributed by atoms with E-state index in [2.05, 4.69) is 46.3 Å². The van der Waals surface area contributed by atoms with E-state index in [-0.39, 0.29) is 11.9 Å². The number of benzene rings is 2. The van der Waals surface area contributed by atoms with Gasteiger partial charge >= 0.3 is 0 Å². The number of rotatable bonds is 5. The van der Waals surface area contributed by atoms with Gasteiger partial charge in [-0.15, -0.1) is 0 Å². The Morgan fingerprint density at radius 1 is 1.23 bits per heavy atom. The smallest absolute Gasteiger partial charge is 0.132 e. The van der Waals surface area contributed by atoms with Crippen LogP contribution in [0.4, 0.5) is 4.39 Å². The molecule has 1 aliphatic rings. The summed E-state index contributed by atoms with van der Waals surface area (Å²) >= 11 is 0. The third-order valence-corrected chi connectivity index (χ3v) is 6.38. The van der Waals surface area contributed by atoms with Crippen LogP contribution in [-0.4, -0.2) is 33.3 Å². The van der Waals surface area contributed by atoms with Gasteiger partial charge in [0.25, 0.3) is 0 Å². The van der Waals surface area contributed by atoms with E-state index in [9.17, 15) is 0 Å². The highest BCUT2D eigenvalue weighted by Crippen LogP contribution is 2.40. The quantitative estimate of drug-likeness (QED) is 0.497. The highest BCUT2D eigenvalue weighted by molar-refractivity contribution is 5.85. The van der Waals surface area contributed by atoms with Crippen LogP contribution in [0, 0.1) is 12.7 Å². The zero-order valence-electron chi connectivity index (χ0n) is 18.2. The number of nitrogens with zero attached hydrogens (tertiary/aromatic N) is 3. The fourth-order valence-corrected chi connectivity index (χ4v) is 4.76. The van der Waals surface area contributed by atoms with Gasteiger partial charge in [-0.2, -0.15) is 5.10 Å². The highest BCUT2D eigenvalue weighted by atomic mass is 19.1. The number of H-pyrrole nitrogens is 1. The molecule has 2 aromatic carbocycles. The molecule has 160 valence electrons. The van der Waals surface area contributed by atoms with Crippen LogP contribution in [-0.2, 0) is 19.5 Å². The lowest BCUT2D eigenvalue weighted by atomic mass is 9.91. The molecule has 0 saturated carbocycles. The number of hydrogen-bond acceptors (Lipinski definition) is 3. The van der Waals surface area contributed by atoms with E-state index >= 15 is 4.39 Å². The van der Waals surface area contributed by atoms with Gasteiger partial charge in [-0.05, 0) is 38.0 Å². The molecule has 0 saturated heterocycles. The molecule has 3 heterocycles. The molecule has 1 aliphatic heterocycles. The molecule has 2 aromatic heterocycles. The predicted molar refractivity (Wildman–Crippen MR) is 120 cm³/mol. The van der Waals surface area contributed by atoms with Crippen molar-refractivity contribution in [3.05, 3.63) is 82.6 Å². The molecule has 0 fully saturated rings. The fourth-order valence-electron chi connectivity index (χ4n) is 4.76. The summed E-state index contributed by atoms with van der Waals surface area (Å²) < 4.78 is 22.5. The Morgan fingerprint density at radius 2 is 2.06 bits per heavy atom. The molecule has 5 rings (SSSR count). The Morgan fingerprint density at radius 3 is 2.81 bits per heavy atom. The number of aryl methyl sites for hydroxylation is 2. The SMILES string of the molecule is CCn1cc(CN2CCc3c([nH]c4ccccc34)C2c2ccc(OC)cc2F)c(C)n1. The summed E-state index contributed by atoms with van der Waals surface area (Å²) in [6.45, 7) is 6.54. The molecule has 5 nitrogen and oxygen atoms in total. The van der Waals surface area contributed by atoms with Crippen LogP contribution >= 0.6 is 0 Å². The maximum absolute atomic E-state index is 15.3. The first-order chi connectivity index (χ1) is 15.1. The maximum Gasteiger partial charge on any atom is 0.132 e. The zero-order chi connectivity index (χ0) is 21.5. The molecule has 0 aliphatic carbocycles. The molecule has 0 spiro atoms. The molecule has 0 radical (unpaired) electrons. The van der Waals surface area contributed by atoms with Gasteiger partial charge in [0, 0.05) is 59.6 Å². The first kappa shape index (κ1) is 19.8. The molecule has 1 atom stereocenters. The minimum Gasteiger partial charge on any atom is -0.497 e. The molecule has 6 heteroatoms. The van der Waals surface area contributed by atoms with Gasteiger partial charge < -0.3 is 9.72 Å². The highest BCUT2D eigenvalue weighted by Gasteiger charge is 2.33. The van der Waals surface area contributed by atoms with Crippen LogP contribution < -0.4 is 4.74 Å². The van der Waals surface area contributed by atoms with Crippen LogP contribution in [0.25, 0.3) is 10.9 Å². The normalized spacial score (nSPS) is 16.6. The van der Waals surface area contributed by atoms with Crippen molar-refractivity contribution in [2.24, 2.45) is 0 Å². The third kappa shape index (κ3) is 3.41. The van der Waals surface area contributed by atoms with E-state index in [1.165, 1.54) is 22.6 Å². The van der Waals surface area contributed by atoms with Crippen LogP contribution in [0.15, 0.2) is 48.7 Å². The van der Waals surface area contributed by atoms with Gasteiger partial charge in [-0.25, -0.2) is 4.39 Å². The van der Waals surface area contributed by atoms with Crippen molar-refractivity contribution in [1.29, 1.82) is 0 Å². The monoisotopic (exact) mass is 418 g/mol. The number of hydrogen-bond donors (Lipinski definition) is 1. The second kappa shape index (κ2) is 7.85. The number of methoxy groups -OCH3 is 1. The number of ether oxygens (including phenoxy) is 1. The van der Waals surface area contributed by atoms with Crippen LogP contribution in [0.2, 0.25) is 0 Å². The van der Waals surface area contributed by atoms with E-state index in [1.54, 1.807) is 7.11 Å². The molecular formula is C25H27FN4O. The predicted octanol–water partition coefficient (Wildman–Crippen LogP) is 4.99. The molecular weight excluding hydrogens is 391 g/mol. The standard InChI is InChI=1S/C25H27FN4O/c1-4-30-15-17(16(2)28-30)14-29-12-11-20-19-7-5-6-8-23(19)27-24(20)25(29)21-10-9-18(31-3)13-22(21)26/h5-10,13,15,25,27H,4,11-12,14H2,1-3H3. The van der Waals surface area contributed by atoms with Crippen LogP contribution in [0.3, 0.4) is 0 Å². The summed E-state index contributed by atoms with van der Waals surface area (Å²) in [5, 5.41) is 5.83. The van der Waals surface area contributed by atoms with E-state index in [0.717, 1.165) is 43.0 Å². The lowest BCUT2D eigenvalue weighted by molar-refractivity contribution is 0.198. The van der Waals surface area contributed by atoms with Crippen molar-refractivity contribution >= 4 is 10.9 Å². The van der Waals surface area contributed by atoms with Gasteiger partial charge in [0.05, 0.1) is 18.8 Å². The molecule has 4 aromatic rings. The van der Waals surface area contributed by atoms with Gasteiger partial charge in [0.1, 0.15) is 11.6 Å². The summed E-state index contributed by atoms with van der Waals surface area (Å²) in [7, 11) is 1.56. The molecule has 1 unspecified atom stereocenters. The number of fused-ring (bicyclic) bond motifs is 3. The Kier molecular flexibility index (Phi) is 5.02. The van der Waals surface area contributed by atoms with Crippen molar-refractivity contribution in [2.45, 2.75) is 39.4 Å². The maximum atomic E-state index is 15.3. The van der Waals surface area contributed by atoms with E-state index < -0.39 is 0 Å². The average molecular weight is 419 g/mol. The summed E-state index contributed by atoms with van der Waals surface area (Å²) in [6, 6.07) is 13.3. The molecule has 0 amide bonds. The number of aromatic nitrogens is 3. The van der Waals surface area contributed by atoms with Gasteiger partial charge in [-0.3, -0.25) is 9.58 Å². The molecule has 1 N–H and O–H groups in total. The third-order valence-electron chi connectivity index (χ3n) is 6.38. The fraction of sp³-hybridized carbons (Fsp3) is 0.320. The minimum atomic E-state index is -0.248. The zero-order valence-corrected chi connectivity index (χ0v) is 18.2. The topological polar surface area (TPSA) is 46.1 Å². The lowest BCUT2D eigenvalue weighted by Gasteiger charge is -2.36. The number of halogens is 1. The van der Waals surface area contributed by atoms with Gasteiger partial charge in [0.15, 0.2) is 0 Å². The van der Waals surface area contributed by atoms with Crippen molar-refractivity contribution in [3.63, 3.8) is 0 Å². The first-order valence-electron chi connectivity index (χ1n) is 10.8. The average Bonchev–Trinajstić information content (AvgIpc) is 3.34. The van der Waals surface area contributed by atoms with Crippen LogP contribution in [0.1, 0.15) is 41.0 Å². The van der Waals surface area contributed by atoms with Crippen LogP contribution in [0.5, 0.6) is 5.75 Å².